The van der Waals surface area contributed by atoms with E-state index in [-0.39, 0.29) is 29.5 Å². The van der Waals surface area contributed by atoms with Gasteiger partial charge >= 0.3 is 0 Å². The van der Waals surface area contributed by atoms with Gasteiger partial charge in [0, 0.05) is 44.2 Å². The number of rotatable bonds is 4. The first-order valence-corrected chi connectivity index (χ1v) is 9.66. The van der Waals surface area contributed by atoms with Gasteiger partial charge in [0.1, 0.15) is 5.75 Å². The van der Waals surface area contributed by atoms with E-state index in [0.717, 1.165) is 37.9 Å². The van der Waals surface area contributed by atoms with Gasteiger partial charge in [-0.2, -0.15) is 0 Å². The number of benzene rings is 1. The van der Waals surface area contributed by atoms with Crippen molar-refractivity contribution in [1.29, 1.82) is 0 Å². The van der Waals surface area contributed by atoms with Crippen LogP contribution in [0, 0.1) is 11.3 Å². The molecule has 27 heavy (non-hydrogen) atoms. The van der Waals surface area contributed by atoms with Crippen molar-refractivity contribution >= 4 is 35.6 Å². The molecular formula is C21H35IN4O. The number of methoxy groups -OCH3 is 1. The molecule has 3 rings (SSSR count). The van der Waals surface area contributed by atoms with Crippen molar-refractivity contribution in [3.8, 4) is 5.75 Å². The van der Waals surface area contributed by atoms with E-state index >= 15 is 0 Å². The number of guanidine groups is 1. The maximum absolute atomic E-state index is 5.52. The van der Waals surface area contributed by atoms with Crippen LogP contribution in [-0.4, -0.2) is 56.7 Å². The Kier molecular flexibility index (Phi) is 6.92. The van der Waals surface area contributed by atoms with E-state index in [1.54, 1.807) is 7.11 Å². The van der Waals surface area contributed by atoms with Crippen molar-refractivity contribution in [3.63, 3.8) is 0 Å². The Bertz CT molecular complexity index is 674. The highest BCUT2D eigenvalue weighted by molar-refractivity contribution is 14.0. The molecule has 0 aromatic heterocycles. The minimum absolute atomic E-state index is 0. The number of nitrogens with zero attached hydrogens (tertiary/aromatic N) is 3. The Morgan fingerprint density at radius 3 is 2.56 bits per heavy atom. The van der Waals surface area contributed by atoms with Gasteiger partial charge in [0.2, 0.25) is 0 Å². The van der Waals surface area contributed by atoms with Gasteiger partial charge in [0.15, 0.2) is 5.96 Å². The topological polar surface area (TPSA) is 40.1 Å². The molecule has 2 aliphatic heterocycles. The van der Waals surface area contributed by atoms with E-state index < -0.39 is 0 Å². The summed E-state index contributed by atoms with van der Waals surface area (Å²) < 4.78 is 5.52. The second kappa shape index (κ2) is 8.45. The van der Waals surface area contributed by atoms with E-state index in [1.807, 2.05) is 19.2 Å². The zero-order valence-electron chi connectivity index (χ0n) is 17.6. The Labute approximate surface area is 181 Å². The van der Waals surface area contributed by atoms with Crippen molar-refractivity contribution in [1.82, 2.24) is 10.2 Å². The molecule has 0 saturated carbocycles. The lowest BCUT2D eigenvalue weighted by Gasteiger charge is -2.62. The predicted molar refractivity (Wildman–Crippen MR) is 125 cm³/mol. The lowest BCUT2D eigenvalue weighted by molar-refractivity contribution is -0.0668. The normalized spacial score (nSPS) is 23.5. The quantitative estimate of drug-likeness (QED) is 0.399. The summed E-state index contributed by atoms with van der Waals surface area (Å²) in [5.74, 6) is 2.61. The van der Waals surface area contributed by atoms with Crippen LogP contribution in [0.1, 0.15) is 34.1 Å². The minimum atomic E-state index is 0. The highest BCUT2D eigenvalue weighted by Crippen LogP contribution is 2.46. The van der Waals surface area contributed by atoms with E-state index in [4.69, 9.17) is 4.74 Å². The molecule has 0 aliphatic carbocycles. The summed E-state index contributed by atoms with van der Waals surface area (Å²) in [7, 11) is 3.63. The Morgan fingerprint density at radius 1 is 1.26 bits per heavy atom. The first-order valence-electron chi connectivity index (χ1n) is 9.66. The van der Waals surface area contributed by atoms with Gasteiger partial charge in [-0.05, 0) is 38.3 Å². The van der Waals surface area contributed by atoms with Gasteiger partial charge in [-0.1, -0.05) is 26.0 Å². The number of halogens is 1. The summed E-state index contributed by atoms with van der Waals surface area (Å²) in [5, 5.41) is 3.63. The molecule has 2 heterocycles. The average molecular weight is 486 g/mol. The number of nitrogens with one attached hydrogen (secondary N) is 1. The first kappa shape index (κ1) is 22.1. The molecule has 0 spiro atoms. The second-order valence-electron chi connectivity index (χ2n) is 8.73. The highest BCUT2D eigenvalue weighted by atomic mass is 127. The first-order chi connectivity index (χ1) is 12.3. The smallest absolute Gasteiger partial charge is 0.194 e. The van der Waals surface area contributed by atoms with Crippen LogP contribution in [0.2, 0.25) is 0 Å². The summed E-state index contributed by atoms with van der Waals surface area (Å²) in [6, 6.07) is 8.30. The van der Waals surface area contributed by atoms with Gasteiger partial charge in [-0.3, -0.25) is 4.99 Å². The van der Waals surface area contributed by atoms with Crippen LogP contribution in [-0.2, 0) is 0 Å². The molecule has 2 fully saturated rings. The fraction of sp³-hybridized carbons (Fsp3) is 0.667. The van der Waals surface area contributed by atoms with Crippen LogP contribution < -0.4 is 15.0 Å². The molecule has 5 nitrogen and oxygen atoms in total. The summed E-state index contributed by atoms with van der Waals surface area (Å²) >= 11 is 0. The molecule has 1 atom stereocenters. The zero-order valence-corrected chi connectivity index (χ0v) is 19.9. The maximum Gasteiger partial charge on any atom is 0.194 e. The van der Waals surface area contributed by atoms with Crippen LogP contribution >= 0.6 is 24.0 Å². The fourth-order valence-corrected chi connectivity index (χ4v) is 4.04. The third kappa shape index (κ3) is 4.15. The lowest BCUT2D eigenvalue weighted by atomic mass is 9.65. The van der Waals surface area contributed by atoms with Gasteiger partial charge in [0.25, 0.3) is 0 Å². The van der Waals surface area contributed by atoms with Crippen LogP contribution in [0.3, 0.4) is 0 Å². The third-order valence-corrected chi connectivity index (χ3v) is 6.61. The molecule has 1 aromatic rings. The Hall–Kier alpha value is -1.18. The van der Waals surface area contributed by atoms with Crippen LogP contribution in [0.15, 0.2) is 29.3 Å². The number of aliphatic imine (C=N–C) groups is 1. The highest BCUT2D eigenvalue weighted by Gasteiger charge is 2.53. The maximum atomic E-state index is 5.52. The number of ether oxygens (including phenoxy) is 1. The second-order valence-corrected chi connectivity index (χ2v) is 8.73. The Balaban J connectivity index is 0.00000261. The predicted octanol–water partition coefficient (Wildman–Crippen LogP) is 3.84. The molecule has 0 amide bonds. The van der Waals surface area contributed by atoms with Crippen molar-refractivity contribution in [2.75, 3.05) is 45.2 Å². The molecule has 152 valence electrons. The number of likely N-dealkylation sites (tertiary alicyclic amines) is 1. The van der Waals surface area contributed by atoms with Crippen LogP contribution in [0.4, 0.5) is 5.69 Å². The molecule has 1 unspecified atom stereocenters. The van der Waals surface area contributed by atoms with Gasteiger partial charge < -0.3 is 19.9 Å². The monoisotopic (exact) mass is 486 g/mol. The molecule has 2 aliphatic rings. The van der Waals surface area contributed by atoms with Gasteiger partial charge in [-0.15, -0.1) is 24.0 Å². The van der Waals surface area contributed by atoms with E-state index in [1.165, 1.54) is 12.1 Å². The third-order valence-electron chi connectivity index (χ3n) is 6.61. The number of hydrogen-bond acceptors (Lipinski definition) is 3. The van der Waals surface area contributed by atoms with E-state index in [9.17, 15) is 0 Å². The van der Waals surface area contributed by atoms with Crippen molar-refractivity contribution in [2.24, 2.45) is 16.3 Å². The van der Waals surface area contributed by atoms with Crippen LogP contribution in [0.5, 0.6) is 5.75 Å². The van der Waals surface area contributed by atoms with Crippen molar-refractivity contribution in [2.45, 2.75) is 39.7 Å². The fourth-order valence-electron chi connectivity index (χ4n) is 4.04. The van der Waals surface area contributed by atoms with Crippen molar-refractivity contribution in [3.05, 3.63) is 24.3 Å². The standard InChI is InChI=1S/C21H34N4O.HI/c1-20(2)15-25(21(20,3)4)19(22-5)23-13-16-11-12-24(14-16)17-9-7-8-10-18(17)26-6;/h7-10,16H,11-15H2,1-6H3,(H,22,23);1H. The summed E-state index contributed by atoms with van der Waals surface area (Å²) in [4.78, 5) is 9.37. The molecular weight excluding hydrogens is 451 g/mol. The van der Waals surface area contributed by atoms with E-state index in [2.05, 4.69) is 59.9 Å². The minimum Gasteiger partial charge on any atom is -0.495 e. The summed E-state index contributed by atoms with van der Waals surface area (Å²) in [6.07, 6.45) is 1.19. The number of hydrogen-bond donors (Lipinski definition) is 1. The number of anilines is 1. The zero-order chi connectivity index (χ0) is 18.9. The molecule has 6 heteroatoms. The molecule has 1 aromatic carbocycles. The van der Waals surface area contributed by atoms with E-state index in [0.29, 0.717) is 11.3 Å². The molecule has 0 radical (unpaired) electrons. The lowest BCUT2D eigenvalue weighted by Crippen LogP contribution is -2.72. The molecule has 2 saturated heterocycles. The average Bonchev–Trinajstić information content (AvgIpc) is 3.10. The summed E-state index contributed by atoms with van der Waals surface area (Å²) in [5.41, 5.74) is 1.65. The SMILES string of the molecule is CN=C(NCC1CCN(c2ccccc2OC)C1)N1CC(C)(C)C1(C)C.I. The van der Waals surface area contributed by atoms with Gasteiger partial charge in [0.05, 0.1) is 12.8 Å². The molecule has 0 bridgehead atoms. The Morgan fingerprint density at radius 2 is 1.96 bits per heavy atom. The van der Waals surface area contributed by atoms with Gasteiger partial charge in [-0.25, -0.2) is 0 Å². The number of para-hydroxylation sites is 2. The summed E-state index contributed by atoms with van der Waals surface area (Å²) in [6.45, 7) is 13.4. The van der Waals surface area contributed by atoms with Crippen molar-refractivity contribution < 1.29 is 4.74 Å². The van der Waals surface area contributed by atoms with Crippen LogP contribution in [0.25, 0.3) is 0 Å². The molecule has 1 N–H and O–H groups in total. The largest absolute Gasteiger partial charge is 0.495 e.